The van der Waals surface area contributed by atoms with Gasteiger partial charge in [0, 0.05) is 3.57 Å². The molecule has 3 rings (SSSR count). The smallest absolute Gasteiger partial charge is 0.342 e. The number of rotatable bonds is 8. The van der Waals surface area contributed by atoms with Crippen molar-refractivity contribution in [3.63, 3.8) is 0 Å². The van der Waals surface area contributed by atoms with Gasteiger partial charge in [0.05, 0.1) is 9.83 Å². The second-order valence-electron chi connectivity index (χ2n) is 6.96. The molecule has 0 aromatic heterocycles. The predicted molar refractivity (Wildman–Crippen MR) is 130 cm³/mol. The lowest BCUT2D eigenvalue weighted by Crippen LogP contribution is -2.35. The average molecular weight is 618 g/mol. The van der Waals surface area contributed by atoms with Crippen molar-refractivity contribution in [1.82, 2.24) is 0 Å². The van der Waals surface area contributed by atoms with Crippen LogP contribution in [0.3, 0.4) is 0 Å². The summed E-state index contributed by atoms with van der Waals surface area (Å²) in [6, 6.07) is 13.9. The van der Waals surface area contributed by atoms with Crippen LogP contribution in [0.1, 0.15) is 48.0 Å². The van der Waals surface area contributed by atoms with Crippen molar-refractivity contribution in [2.75, 3.05) is 13.2 Å². The van der Waals surface area contributed by atoms with Crippen LogP contribution in [0.15, 0.2) is 55.3 Å². The fourth-order valence-corrected chi connectivity index (χ4v) is 5.68. The molecule has 1 aliphatic rings. The quantitative estimate of drug-likeness (QED) is 0.148. The summed E-state index contributed by atoms with van der Waals surface area (Å²) in [5.74, 6) is 0.203. The Hall–Kier alpha value is -1.29. The summed E-state index contributed by atoms with van der Waals surface area (Å²) in [7, 11) is 0. The van der Waals surface area contributed by atoms with Gasteiger partial charge >= 0.3 is 5.97 Å². The lowest BCUT2D eigenvalue weighted by atomic mass is 9.79. The molecule has 1 saturated carbocycles. The van der Waals surface area contributed by atoms with Crippen molar-refractivity contribution in [3.8, 4) is 5.75 Å². The molecule has 1 fully saturated rings. The number of benzene rings is 2. The maximum absolute atomic E-state index is 13.3. The van der Waals surface area contributed by atoms with Gasteiger partial charge in [-0.2, -0.15) is 0 Å². The highest BCUT2D eigenvalue weighted by molar-refractivity contribution is 14.1. The highest BCUT2D eigenvalue weighted by Crippen LogP contribution is 2.42. The van der Waals surface area contributed by atoms with Gasteiger partial charge in [-0.3, -0.25) is 0 Å². The van der Waals surface area contributed by atoms with Gasteiger partial charge in [0.1, 0.15) is 30.1 Å². The van der Waals surface area contributed by atoms with Gasteiger partial charge in [-0.15, -0.1) is 0 Å². The van der Waals surface area contributed by atoms with Crippen molar-refractivity contribution in [1.29, 1.82) is 0 Å². The van der Waals surface area contributed by atoms with Crippen molar-refractivity contribution in [2.24, 2.45) is 0 Å². The molecule has 0 amide bonds. The van der Waals surface area contributed by atoms with E-state index in [9.17, 15) is 4.79 Å². The first-order valence-electron chi connectivity index (χ1n) is 9.69. The Balaban J connectivity index is 1.89. The topological polar surface area (TPSA) is 44.8 Å². The molecule has 0 spiro atoms. The first-order valence-corrected chi connectivity index (χ1v) is 11.8. The number of ether oxygens (including phenoxy) is 3. The molecule has 0 atom stereocenters. The summed E-state index contributed by atoms with van der Waals surface area (Å²) in [6.45, 7) is 4.22. The highest BCUT2D eigenvalue weighted by atomic mass is 127. The number of hydrogen-bond acceptors (Lipinski definition) is 4. The van der Waals surface area contributed by atoms with E-state index < -0.39 is 5.60 Å². The highest BCUT2D eigenvalue weighted by Gasteiger charge is 2.38. The fourth-order valence-electron chi connectivity index (χ4n) is 3.68. The van der Waals surface area contributed by atoms with Gasteiger partial charge in [-0.25, -0.2) is 4.79 Å². The second-order valence-corrected chi connectivity index (χ2v) is 9.37. The predicted octanol–water partition coefficient (Wildman–Crippen LogP) is 6.45. The minimum atomic E-state index is -0.577. The standard InChI is InChI=1S/C23H24I2O4/c1-2-27-13-14-28-21-19(15-18(24)16-20(21)25)22(26)29-23(11-7-4-8-12-23)17-9-5-3-6-10-17/h2-3,5-6,9-10,15-16H,1,4,7-8,11-14H2. The normalized spacial score (nSPS) is 15.4. The van der Waals surface area contributed by atoms with E-state index in [4.69, 9.17) is 14.2 Å². The Kier molecular flexibility index (Phi) is 8.23. The summed E-state index contributed by atoms with van der Waals surface area (Å²) in [6.07, 6.45) is 6.33. The van der Waals surface area contributed by atoms with Crippen LogP contribution in [0.25, 0.3) is 0 Å². The zero-order chi connectivity index (χ0) is 20.7. The summed E-state index contributed by atoms with van der Waals surface area (Å²) >= 11 is 4.41. The van der Waals surface area contributed by atoms with Gasteiger partial charge in [-0.05, 0) is 88.6 Å². The third-order valence-corrected chi connectivity index (χ3v) is 6.47. The van der Waals surface area contributed by atoms with Crippen LogP contribution >= 0.6 is 45.2 Å². The first kappa shape index (κ1) is 22.4. The molecule has 6 heteroatoms. The van der Waals surface area contributed by atoms with Crippen LogP contribution in [0.5, 0.6) is 5.75 Å². The van der Waals surface area contributed by atoms with Crippen LogP contribution in [-0.4, -0.2) is 19.2 Å². The van der Waals surface area contributed by atoms with Gasteiger partial charge < -0.3 is 14.2 Å². The molecule has 2 aromatic rings. The van der Waals surface area contributed by atoms with E-state index in [1.807, 2.05) is 30.3 Å². The Labute approximate surface area is 199 Å². The molecule has 0 unspecified atom stereocenters. The summed E-state index contributed by atoms with van der Waals surface area (Å²) < 4.78 is 19.1. The Morgan fingerprint density at radius 2 is 1.79 bits per heavy atom. The minimum Gasteiger partial charge on any atom is -0.498 e. The lowest BCUT2D eigenvalue weighted by molar-refractivity contribution is -0.0419. The van der Waals surface area contributed by atoms with Crippen LogP contribution in [-0.2, 0) is 15.1 Å². The van der Waals surface area contributed by atoms with Gasteiger partial charge in [-0.1, -0.05) is 43.3 Å². The van der Waals surface area contributed by atoms with Crippen molar-refractivity contribution < 1.29 is 19.0 Å². The van der Waals surface area contributed by atoms with E-state index in [1.54, 1.807) is 0 Å². The van der Waals surface area contributed by atoms with Gasteiger partial charge in [0.2, 0.25) is 0 Å². The molecule has 4 nitrogen and oxygen atoms in total. The second kappa shape index (κ2) is 10.7. The summed E-state index contributed by atoms with van der Waals surface area (Å²) in [4.78, 5) is 13.3. The SMILES string of the molecule is C=COCCOc1c(I)cc(I)cc1C(=O)OC1(c2ccccc2)CCCCC1. The largest absolute Gasteiger partial charge is 0.498 e. The minimum absolute atomic E-state index is 0.326. The number of halogens is 2. The number of hydrogen-bond donors (Lipinski definition) is 0. The van der Waals surface area contributed by atoms with E-state index in [1.165, 1.54) is 12.7 Å². The van der Waals surface area contributed by atoms with E-state index in [2.05, 4.69) is 63.9 Å². The van der Waals surface area contributed by atoms with Gasteiger partial charge in [0.25, 0.3) is 0 Å². The van der Waals surface area contributed by atoms with Crippen molar-refractivity contribution >= 4 is 51.2 Å². The molecular formula is C23H24I2O4. The molecule has 154 valence electrons. The third kappa shape index (κ3) is 5.65. The molecule has 0 bridgehead atoms. The van der Waals surface area contributed by atoms with Crippen LogP contribution in [0, 0.1) is 7.14 Å². The molecule has 0 heterocycles. The first-order chi connectivity index (χ1) is 14.1. The summed E-state index contributed by atoms with van der Waals surface area (Å²) in [5, 5.41) is 0. The molecule has 0 radical (unpaired) electrons. The number of esters is 1. The molecule has 0 aliphatic heterocycles. The van der Waals surface area contributed by atoms with Crippen molar-refractivity contribution in [3.05, 3.63) is 73.6 Å². The number of carbonyl (C=O) groups excluding carboxylic acids is 1. The zero-order valence-electron chi connectivity index (χ0n) is 16.2. The monoisotopic (exact) mass is 618 g/mol. The molecule has 0 saturated heterocycles. The molecule has 29 heavy (non-hydrogen) atoms. The van der Waals surface area contributed by atoms with E-state index in [0.717, 1.165) is 38.4 Å². The van der Waals surface area contributed by atoms with Gasteiger partial charge in [0.15, 0.2) is 0 Å². The molecular weight excluding hydrogens is 594 g/mol. The van der Waals surface area contributed by atoms with Crippen LogP contribution in [0.4, 0.5) is 0 Å². The molecule has 2 aromatic carbocycles. The van der Waals surface area contributed by atoms with Crippen LogP contribution in [0.2, 0.25) is 0 Å². The number of carbonyl (C=O) groups is 1. The maximum Gasteiger partial charge on any atom is 0.342 e. The Morgan fingerprint density at radius 3 is 2.48 bits per heavy atom. The third-order valence-electron chi connectivity index (χ3n) is 5.04. The Bertz CT molecular complexity index is 845. The molecule has 1 aliphatic carbocycles. The Morgan fingerprint density at radius 1 is 1.07 bits per heavy atom. The zero-order valence-corrected chi connectivity index (χ0v) is 20.5. The molecule has 0 N–H and O–H groups in total. The summed E-state index contributed by atoms with van der Waals surface area (Å²) in [5.41, 5.74) is 0.947. The van der Waals surface area contributed by atoms with Crippen LogP contribution < -0.4 is 4.74 Å². The van der Waals surface area contributed by atoms with E-state index in [0.29, 0.717) is 24.5 Å². The average Bonchev–Trinajstić information content (AvgIpc) is 2.73. The fraction of sp³-hybridized carbons (Fsp3) is 0.348. The van der Waals surface area contributed by atoms with Crippen molar-refractivity contribution in [2.45, 2.75) is 37.7 Å². The van der Waals surface area contributed by atoms with E-state index >= 15 is 0 Å². The van der Waals surface area contributed by atoms with E-state index in [-0.39, 0.29) is 5.97 Å². The maximum atomic E-state index is 13.3. The lowest BCUT2D eigenvalue weighted by Gasteiger charge is -2.37.